The van der Waals surface area contributed by atoms with Crippen molar-refractivity contribution in [2.45, 2.75) is 38.2 Å². The summed E-state index contributed by atoms with van der Waals surface area (Å²) in [6, 6.07) is 7.92. The van der Waals surface area contributed by atoms with E-state index >= 15 is 0 Å². The van der Waals surface area contributed by atoms with Crippen LogP contribution in [0, 0.1) is 12.3 Å². The molecular weight excluding hydrogens is 304 g/mol. The summed E-state index contributed by atoms with van der Waals surface area (Å²) in [5.74, 6) is -3.61. The van der Waals surface area contributed by atoms with Crippen LogP contribution in [0.25, 0.3) is 0 Å². The van der Waals surface area contributed by atoms with Crippen LogP contribution in [0.2, 0.25) is 0 Å². The molecule has 0 saturated carbocycles. The summed E-state index contributed by atoms with van der Waals surface area (Å²) in [5, 5.41) is 2.03. The van der Waals surface area contributed by atoms with Gasteiger partial charge in [0.2, 0.25) is 11.4 Å². The van der Waals surface area contributed by atoms with Gasteiger partial charge in [-0.25, -0.2) is 13.6 Å². The molecule has 0 saturated heterocycles. The second kappa shape index (κ2) is 7.73. The third-order valence-electron chi connectivity index (χ3n) is 3.27. The lowest BCUT2D eigenvalue weighted by Gasteiger charge is -2.37. The molecule has 0 radical (unpaired) electrons. The van der Waals surface area contributed by atoms with Crippen LogP contribution >= 0.6 is 0 Å². The number of nitrogens with one attached hydrogen (secondary N) is 1. The fourth-order valence-corrected chi connectivity index (χ4v) is 2.25. The Labute approximate surface area is 134 Å². The van der Waals surface area contributed by atoms with Gasteiger partial charge in [-0.15, -0.1) is 12.3 Å². The molecule has 1 unspecified atom stereocenters. The average molecular weight is 323 g/mol. The van der Waals surface area contributed by atoms with Gasteiger partial charge >= 0.3 is 5.97 Å². The molecule has 1 aromatic carbocycles. The Kier molecular flexibility index (Phi) is 6.26. The molecule has 1 rings (SSSR count). The van der Waals surface area contributed by atoms with Gasteiger partial charge in [-0.1, -0.05) is 30.3 Å². The Hall–Kier alpha value is -2.42. The quantitative estimate of drug-likeness (QED) is 0.619. The fourth-order valence-electron chi connectivity index (χ4n) is 2.25. The van der Waals surface area contributed by atoms with E-state index in [1.54, 1.807) is 18.2 Å². The maximum Gasteiger partial charge on any atom is 0.339 e. The normalized spacial score (nSPS) is 13.5. The maximum absolute atomic E-state index is 14.9. The molecule has 1 N–H and O–H groups in total. The maximum atomic E-state index is 14.9. The van der Waals surface area contributed by atoms with E-state index in [1.165, 1.54) is 19.1 Å². The summed E-state index contributed by atoms with van der Waals surface area (Å²) in [6.45, 7) is 2.43. The Balaban J connectivity index is 3.31. The van der Waals surface area contributed by atoms with Crippen molar-refractivity contribution >= 4 is 11.9 Å². The highest BCUT2D eigenvalue weighted by Crippen LogP contribution is 2.36. The van der Waals surface area contributed by atoms with Gasteiger partial charge in [0, 0.05) is 19.8 Å². The minimum absolute atomic E-state index is 0.105. The molecule has 0 bridgehead atoms. The molecule has 4 nitrogen and oxygen atoms in total. The second-order valence-corrected chi connectivity index (χ2v) is 5.05. The van der Waals surface area contributed by atoms with Crippen molar-refractivity contribution in [2.75, 3.05) is 6.61 Å². The number of terminal acetylenes is 1. The lowest BCUT2D eigenvalue weighted by Crippen LogP contribution is -2.66. The number of carbonyl (C=O) groups excluding carboxylic acids is 2. The molecule has 1 atom stereocenters. The van der Waals surface area contributed by atoms with Gasteiger partial charge in [-0.3, -0.25) is 4.79 Å². The van der Waals surface area contributed by atoms with E-state index in [0.717, 1.165) is 6.92 Å². The third-order valence-corrected chi connectivity index (χ3v) is 3.27. The molecule has 1 aromatic rings. The van der Waals surface area contributed by atoms with E-state index in [1.807, 2.05) is 11.2 Å². The van der Waals surface area contributed by atoms with Crippen molar-refractivity contribution < 1.29 is 23.1 Å². The van der Waals surface area contributed by atoms with Gasteiger partial charge in [0.25, 0.3) is 5.92 Å². The lowest BCUT2D eigenvalue weighted by atomic mass is 9.83. The Morgan fingerprint density at radius 2 is 1.91 bits per heavy atom. The number of benzene rings is 1. The number of carbonyl (C=O) groups is 2. The number of halogens is 2. The number of esters is 1. The standard InChI is InChI=1S/C17H19F2NO3/c1-4-11-16(20-13(3)21,15(22)23-5-2)17(18,19)12-14-9-7-6-8-10-14/h1,6-10H,5,11-12H2,2-3H3,(H,20,21). The van der Waals surface area contributed by atoms with Gasteiger partial charge < -0.3 is 10.1 Å². The Morgan fingerprint density at radius 1 is 1.30 bits per heavy atom. The van der Waals surface area contributed by atoms with E-state index < -0.39 is 36.2 Å². The van der Waals surface area contributed by atoms with Gasteiger partial charge in [0.15, 0.2) is 0 Å². The minimum Gasteiger partial charge on any atom is -0.464 e. The van der Waals surface area contributed by atoms with Crippen LogP contribution in [0.3, 0.4) is 0 Å². The predicted molar refractivity (Wildman–Crippen MR) is 81.7 cm³/mol. The number of rotatable bonds is 7. The van der Waals surface area contributed by atoms with Gasteiger partial charge in [-0.05, 0) is 12.5 Å². The fraction of sp³-hybridized carbons (Fsp3) is 0.412. The van der Waals surface area contributed by atoms with Crippen molar-refractivity contribution in [3.63, 3.8) is 0 Å². The molecule has 0 aliphatic rings. The van der Waals surface area contributed by atoms with Gasteiger partial charge in [-0.2, -0.15) is 0 Å². The number of alkyl halides is 2. The van der Waals surface area contributed by atoms with E-state index in [9.17, 15) is 18.4 Å². The van der Waals surface area contributed by atoms with Gasteiger partial charge in [0.05, 0.1) is 6.61 Å². The molecular formula is C17H19F2NO3. The minimum atomic E-state index is -3.63. The predicted octanol–water partition coefficient (Wildman–Crippen LogP) is 2.33. The summed E-state index contributed by atoms with van der Waals surface area (Å²) >= 11 is 0. The monoisotopic (exact) mass is 323 g/mol. The average Bonchev–Trinajstić information content (AvgIpc) is 2.46. The zero-order chi connectivity index (χ0) is 17.5. The van der Waals surface area contributed by atoms with E-state index in [4.69, 9.17) is 11.2 Å². The summed E-state index contributed by atoms with van der Waals surface area (Å²) in [5.41, 5.74) is -2.28. The molecule has 0 spiro atoms. The Bertz CT molecular complexity index is 596. The highest BCUT2D eigenvalue weighted by molar-refractivity contribution is 5.89. The van der Waals surface area contributed by atoms with Crippen LogP contribution in [-0.2, 0) is 20.7 Å². The molecule has 0 aliphatic heterocycles. The smallest absolute Gasteiger partial charge is 0.339 e. The van der Waals surface area contributed by atoms with Crippen LogP contribution in [-0.4, -0.2) is 29.9 Å². The molecule has 1 amide bonds. The lowest BCUT2D eigenvalue weighted by molar-refractivity contribution is -0.174. The first-order chi connectivity index (χ1) is 10.8. The van der Waals surface area contributed by atoms with Crippen LogP contribution in [0.5, 0.6) is 0 Å². The first kappa shape index (κ1) is 18.6. The van der Waals surface area contributed by atoms with Crippen molar-refractivity contribution in [3.8, 4) is 12.3 Å². The summed E-state index contributed by atoms with van der Waals surface area (Å²) in [7, 11) is 0. The molecule has 0 aliphatic carbocycles. The molecule has 124 valence electrons. The molecule has 6 heteroatoms. The van der Waals surface area contributed by atoms with Crippen LogP contribution in [0.15, 0.2) is 30.3 Å². The van der Waals surface area contributed by atoms with E-state index in [2.05, 4.69) is 0 Å². The van der Waals surface area contributed by atoms with Crippen LogP contribution in [0.1, 0.15) is 25.8 Å². The second-order valence-electron chi connectivity index (χ2n) is 5.05. The zero-order valence-electron chi connectivity index (χ0n) is 13.1. The molecule has 0 heterocycles. The first-order valence-electron chi connectivity index (χ1n) is 7.10. The highest BCUT2D eigenvalue weighted by atomic mass is 19.3. The van der Waals surface area contributed by atoms with Crippen molar-refractivity contribution in [3.05, 3.63) is 35.9 Å². The van der Waals surface area contributed by atoms with Crippen molar-refractivity contribution in [1.82, 2.24) is 5.32 Å². The molecule has 0 fully saturated rings. The summed E-state index contributed by atoms with van der Waals surface area (Å²) < 4.78 is 34.6. The van der Waals surface area contributed by atoms with Crippen LogP contribution in [0.4, 0.5) is 8.78 Å². The molecule has 23 heavy (non-hydrogen) atoms. The number of hydrogen-bond donors (Lipinski definition) is 1. The first-order valence-corrected chi connectivity index (χ1v) is 7.10. The number of hydrogen-bond acceptors (Lipinski definition) is 3. The summed E-state index contributed by atoms with van der Waals surface area (Å²) in [4.78, 5) is 23.6. The third kappa shape index (κ3) is 4.28. The van der Waals surface area contributed by atoms with E-state index in [-0.39, 0.29) is 6.61 Å². The topological polar surface area (TPSA) is 55.4 Å². The van der Waals surface area contributed by atoms with Crippen molar-refractivity contribution in [1.29, 1.82) is 0 Å². The zero-order valence-corrected chi connectivity index (χ0v) is 13.1. The number of ether oxygens (including phenoxy) is 1. The van der Waals surface area contributed by atoms with Crippen LogP contribution < -0.4 is 5.32 Å². The van der Waals surface area contributed by atoms with Crippen molar-refractivity contribution in [2.24, 2.45) is 0 Å². The largest absolute Gasteiger partial charge is 0.464 e. The highest BCUT2D eigenvalue weighted by Gasteiger charge is 2.60. The van der Waals surface area contributed by atoms with E-state index in [0.29, 0.717) is 5.56 Å². The number of amides is 1. The summed E-state index contributed by atoms with van der Waals surface area (Å²) in [6.07, 6.45) is 3.74. The SMILES string of the molecule is C#CCC(NC(C)=O)(C(=O)OCC)C(F)(F)Cc1ccccc1. The van der Waals surface area contributed by atoms with Gasteiger partial charge in [0.1, 0.15) is 0 Å². The Morgan fingerprint density at radius 3 is 2.39 bits per heavy atom. The molecule has 0 aromatic heterocycles.